The van der Waals surface area contributed by atoms with Crippen molar-refractivity contribution in [3.8, 4) is 5.75 Å². The Labute approximate surface area is 173 Å². The largest absolute Gasteiger partial charge is 0.496 e. The van der Waals surface area contributed by atoms with E-state index < -0.39 is 0 Å². The van der Waals surface area contributed by atoms with Gasteiger partial charge in [-0.25, -0.2) is 4.99 Å². The SMILES string of the molecule is C=C(C)CN=C(NCCc1ccco1)N(C)Cc1ccccc1OC.I. The summed E-state index contributed by atoms with van der Waals surface area (Å²) in [5.74, 6) is 2.67. The van der Waals surface area contributed by atoms with Crippen LogP contribution in [0, 0.1) is 0 Å². The van der Waals surface area contributed by atoms with Gasteiger partial charge in [-0.05, 0) is 25.1 Å². The van der Waals surface area contributed by atoms with Crippen molar-refractivity contribution in [2.75, 3.05) is 27.2 Å². The molecule has 6 heteroatoms. The number of furan rings is 1. The fourth-order valence-corrected chi connectivity index (χ4v) is 2.44. The molecule has 0 amide bonds. The van der Waals surface area contributed by atoms with Gasteiger partial charge in [-0.3, -0.25) is 0 Å². The fraction of sp³-hybridized carbons (Fsp3) is 0.350. The van der Waals surface area contributed by atoms with Crippen molar-refractivity contribution in [1.82, 2.24) is 10.2 Å². The molecule has 0 spiro atoms. The molecule has 2 rings (SSSR count). The predicted octanol–water partition coefficient (Wildman–Crippen LogP) is 4.10. The molecule has 26 heavy (non-hydrogen) atoms. The smallest absolute Gasteiger partial charge is 0.194 e. The summed E-state index contributed by atoms with van der Waals surface area (Å²) in [5.41, 5.74) is 2.14. The number of para-hydroxylation sites is 1. The van der Waals surface area contributed by atoms with Crippen LogP contribution in [0.1, 0.15) is 18.2 Å². The molecule has 0 unspecified atom stereocenters. The van der Waals surface area contributed by atoms with E-state index in [1.165, 1.54) is 0 Å². The normalized spacial score (nSPS) is 10.8. The predicted molar refractivity (Wildman–Crippen MR) is 117 cm³/mol. The number of benzene rings is 1. The first kappa shape index (κ1) is 22.1. The van der Waals surface area contributed by atoms with Gasteiger partial charge in [0.05, 0.1) is 19.9 Å². The number of hydrogen-bond acceptors (Lipinski definition) is 3. The van der Waals surface area contributed by atoms with Gasteiger partial charge in [0.2, 0.25) is 0 Å². The lowest BCUT2D eigenvalue weighted by Gasteiger charge is -2.23. The van der Waals surface area contributed by atoms with Gasteiger partial charge in [-0.15, -0.1) is 24.0 Å². The van der Waals surface area contributed by atoms with E-state index in [1.54, 1.807) is 13.4 Å². The third kappa shape index (κ3) is 7.11. The van der Waals surface area contributed by atoms with Crippen LogP contribution in [0.15, 0.2) is 64.2 Å². The highest BCUT2D eigenvalue weighted by Crippen LogP contribution is 2.18. The Morgan fingerprint density at radius 1 is 1.27 bits per heavy atom. The van der Waals surface area contributed by atoms with Crippen LogP contribution in [-0.2, 0) is 13.0 Å². The van der Waals surface area contributed by atoms with Gasteiger partial charge in [0.1, 0.15) is 11.5 Å². The van der Waals surface area contributed by atoms with Crippen molar-refractivity contribution in [2.45, 2.75) is 19.9 Å². The van der Waals surface area contributed by atoms with E-state index in [0.717, 1.165) is 41.6 Å². The summed E-state index contributed by atoms with van der Waals surface area (Å²) in [6.45, 7) is 7.95. The first-order valence-corrected chi connectivity index (χ1v) is 8.38. The molecule has 0 atom stereocenters. The molecule has 2 aromatic rings. The van der Waals surface area contributed by atoms with Gasteiger partial charge < -0.3 is 19.4 Å². The topological polar surface area (TPSA) is 50.0 Å². The average molecular weight is 469 g/mol. The molecule has 0 saturated carbocycles. The van der Waals surface area contributed by atoms with Gasteiger partial charge in [-0.1, -0.05) is 30.4 Å². The van der Waals surface area contributed by atoms with E-state index in [9.17, 15) is 0 Å². The lowest BCUT2D eigenvalue weighted by atomic mass is 10.2. The minimum Gasteiger partial charge on any atom is -0.496 e. The number of halogens is 1. The van der Waals surface area contributed by atoms with Crippen LogP contribution in [0.25, 0.3) is 0 Å². The van der Waals surface area contributed by atoms with E-state index in [-0.39, 0.29) is 24.0 Å². The van der Waals surface area contributed by atoms with Crippen LogP contribution < -0.4 is 10.1 Å². The van der Waals surface area contributed by atoms with E-state index in [0.29, 0.717) is 13.1 Å². The number of hydrogen-bond donors (Lipinski definition) is 1. The van der Waals surface area contributed by atoms with E-state index in [4.69, 9.17) is 9.15 Å². The highest BCUT2D eigenvalue weighted by Gasteiger charge is 2.10. The number of ether oxygens (including phenoxy) is 1. The third-order valence-corrected chi connectivity index (χ3v) is 3.69. The van der Waals surface area contributed by atoms with Gasteiger partial charge in [0, 0.05) is 32.1 Å². The maximum atomic E-state index is 5.44. The van der Waals surface area contributed by atoms with Crippen LogP contribution in [0.5, 0.6) is 5.75 Å². The first-order chi connectivity index (χ1) is 12.1. The van der Waals surface area contributed by atoms with Gasteiger partial charge >= 0.3 is 0 Å². The van der Waals surface area contributed by atoms with Gasteiger partial charge in [0.15, 0.2) is 5.96 Å². The average Bonchev–Trinajstić information content (AvgIpc) is 3.11. The summed E-state index contributed by atoms with van der Waals surface area (Å²) in [7, 11) is 3.71. The lowest BCUT2D eigenvalue weighted by molar-refractivity contribution is 0.395. The molecular formula is C20H28IN3O2. The molecule has 0 aliphatic rings. The second kappa shape index (κ2) is 11.6. The number of methoxy groups -OCH3 is 1. The van der Waals surface area contributed by atoms with E-state index >= 15 is 0 Å². The number of guanidine groups is 1. The minimum absolute atomic E-state index is 0. The molecule has 0 radical (unpaired) electrons. The molecule has 0 aliphatic carbocycles. The third-order valence-electron chi connectivity index (χ3n) is 3.69. The molecule has 142 valence electrons. The Bertz CT molecular complexity index is 699. The molecule has 1 aromatic heterocycles. The highest BCUT2D eigenvalue weighted by molar-refractivity contribution is 14.0. The van der Waals surface area contributed by atoms with E-state index in [2.05, 4.69) is 27.9 Å². The molecule has 0 saturated heterocycles. The molecule has 5 nitrogen and oxygen atoms in total. The molecule has 1 N–H and O–H groups in total. The Morgan fingerprint density at radius 2 is 2.04 bits per heavy atom. The Balaban J connectivity index is 0.00000338. The van der Waals surface area contributed by atoms with Crippen molar-refractivity contribution >= 4 is 29.9 Å². The molecule has 0 aliphatic heterocycles. The molecule has 1 heterocycles. The summed E-state index contributed by atoms with van der Waals surface area (Å²) in [6.07, 6.45) is 2.50. The zero-order valence-electron chi connectivity index (χ0n) is 15.7. The van der Waals surface area contributed by atoms with Crippen LogP contribution in [0.3, 0.4) is 0 Å². The van der Waals surface area contributed by atoms with Gasteiger partial charge in [-0.2, -0.15) is 0 Å². The van der Waals surface area contributed by atoms with Crippen molar-refractivity contribution in [2.24, 2.45) is 4.99 Å². The van der Waals surface area contributed by atoms with Gasteiger partial charge in [0.25, 0.3) is 0 Å². The fourth-order valence-electron chi connectivity index (χ4n) is 2.44. The molecule has 0 fully saturated rings. The Morgan fingerprint density at radius 3 is 2.69 bits per heavy atom. The maximum Gasteiger partial charge on any atom is 0.194 e. The zero-order valence-corrected chi connectivity index (χ0v) is 18.0. The highest BCUT2D eigenvalue weighted by atomic mass is 127. The minimum atomic E-state index is 0. The van der Waals surface area contributed by atoms with Crippen LogP contribution in [-0.4, -0.2) is 38.1 Å². The standard InChI is InChI=1S/C20H27N3O2.HI/c1-16(2)14-22-20(21-12-11-18-9-7-13-25-18)23(3)15-17-8-5-6-10-19(17)24-4;/h5-10,13H,1,11-12,14-15H2,2-4H3,(H,21,22);1H. The van der Waals surface area contributed by atoms with Crippen molar-refractivity contribution in [3.63, 3.8) is 0 Å². The van der Waals surface area contributed by atoms with Crippen LogP contribution in [0.2, 0.25) is 0 Å². The Hall–Kier alpha value is -1.96. The van der Waals surface area contributed by atoms with Crippen molar-refractivity contribution in [1.29, 1.82) is 0 Å². The number of nitrogens with one attached hydrogen (secondary N) is 1. The van der Waals surface area contributed by atoms with E-state index in [1.807, 2.05) is 44.3 Å². The molecule has 1 aromatic carbocycles. The van der Waals surface area contributed by atoms with Crippen molar-refractivity contribution < 1.29 is 9.15 Å². The van der Waals surface area contributed by atoms with Crippen LogP contribution in [0.4, 0.5) is 0 Å². The summed E-state index contributed by atoms with van der Waals surface area (Å²) in [5, 5.41) is 3.40. The maximum absolute atomic E-state index is 5.44. The zero-order chi connectivity index (χ0) is 18.1. The monoisotopic (exact) mass is 469 g/mol. The summed E-state index contributed by atoms with van der Waals surface area (Å²) < 4.78 is 10.8. The number of nitrogens with zero attached hydrogens (tertiary/aromatic N) is 2. The summed E-state index contributed by atoms with van der Waals surface area (Å²) in [4.78, 5) is 6.74. The second-order valence-corrected chi connectivity index (χ2v) is 6.02. The molecular weight excluding hydrogens is 441 g/mol. The summed E-state index contributed by atoms with van der Waals surface area (Å²) >= 11 is 0. The Kier molecular flexibility index (Phi) is 9.87. The molecule has 0 bridgehead atoms. The number of aliphatic imine (C=N–C) groups is 1. The lowest BCUT2D eigenvalue weighted by Crippen LogP contribution is -2.39. The quantitative estimate of drug-likeness (QED) is 0.274. The first-order valence-electron chi connectivity index (χ1n) is 8.38. The number of rotatable bonds is 8. The van der Waals surface area contributed by atoms with Crippen molar-refractivity contribution in [3.05, 3.63) is 66.1 Å². The summed E-state index contributed by atoms with van der Waals surface area (Å²) in [6, 6.07) is 11.9. The van der Waals surface area contributed by atoms with Crippen LogP contribution >= 0.6 is 24.0 Å². The second-order valence-electron chi connectivity index (χ2n) is 6.02.